The Hall–Kier alpha value is -4.74. The zero-order valence-electron chi connectivity index (χ0n) is 17.0. The molecule has 0 bridgehead atoms. The first-order valence-corrected chi connectivity index (χ1v) is 9.36. The van der Waals surface area contributed by atoms with Crippen molar-refractivity contribution in [2.45, 2.75) is 12.4 Å². The van der Waals surface area contributed by atoms with Crippen LogP contribution in [0.5, 0.6) is 5.75 Å². The summed E-state index contributed by atoms with van der Waals surface area (Å²) in [5.74, 6) is -1.40. The third-order valence-electron chi connectivity index (χ3n) is 4.36. The summed E-state index contributed by atoms with van der Waals surface area (Å²) in [5.41, 5.74) is -3.01. The molecule has 35 heavy (non-hydrogen) atoms. The molecule has 0 unspecified atom stereocenters. The van der Waals surface area contributed by atoms with Gasteiger partial charge in [-0.05, 0) is 24.3 Å². The van der Waals surface area contributed by atoms with Gasteiger partial charge in [0.2, 0.25) is 11.9 Å². The van der Waals surface area contributed by atoms with Gasteiger partial charge in [-0.15, -0.1) is 0 Å². The summed E-state index contributed by atoms with van der Waals surface area (Å²) in [5, 5.41) is 21.4. The van der Waals surface area contributed by atoms with E-state index >= 15 is 0 Å². The van der Waals surface area contributed by atoms with Gasteiger partial charge in [0, 0.05) is 18.1 Å². The Morgan fingerprint density at radius 3 is 2.31 bits per heavy atom. The smallest absolute Gasteiger partial charge is 0.433 e. The predicted molar refractivity (Wildman–Crippen MR) is 106 cm³/mol. The third kappa shape index (κ3) is 5.11. The molecule has 0 aromatic carbocycles. The van der Waals surface area contributed by atoms with Gasteiger partial charge in [-0.2, -0.15) is 46.6 Å². The van der Waals surface area contributed by atoms with Gasteiger partial charge in [-0.1, -0.05) is 6.07 Å². The standard InChI is InChI=1S/C20H10F6N8O/c21-19(22,23)14-3-1-2-12(30-14)16-31-17(29-11-4-5-28-15(6-11)20(24,25)26)33-18(32-16)34-8-10(7-27)13(35)9-34/h1-6,8-9,35H,(H,28,29,31,32,33). The highest BCUT2D eigenvalue weighted by atomic mass is 19.4. The van der Waals surface area contributed by atoms with Gasteiger partial charge in [0.15, 0.2) is 11.6 Å². The third-order valence-corrected chi connectivity index (χ3v) is 4.36. The zero-order chi connectivity index (χ0) is 25.4. The lowest BCUT2D eigenvalue weighted by Gasteiger charge is -2.12. The Kier molecular flexibility index (Phi) is 5.73. The topological polar surface area (TPSA) is 125 Å². The number of alkyl halides is 6. The molecule has 0 saturated heterocycles. The van der Waals surface area contributed by atoms with Crippen LogP contribution in [0.1, 0.15) is 17.0 Å². The highest BCUT2D eigenvalue weighted by Crippen LogP contribution is 2.31. The molecule has 0 aliphatic heterocycles. The second kappa shape index (κ2) is 8.56. The van der Waals surface area contributed by atoms with Gasteiger partial charge in [-0.3, -0.25) is 9.55 Å². The van der Waals surface area contributed by atoms with E-state index in [0.717, 1.165) is 35.3 Å². The quantitative estimate of drug-likeness (QED) is 0.400. The van der Waals surface area contributed by atoms with E-state index in [1.807, 2.05) is 0 Å². The van der Waals surface area contributed by atoms with Crippen molar-refractivity contribution in [3.05, 3.63) is 65.9 Å². The van der Waals surface area contributed by atoms with E-state index in [1.54, 1.807) is 6.07 Å². The highest BCUT2D eigenvalue weighted by molar-refractivity contribution is 5.58. The number of anilines is 2. The van der Waals surface area contributed by atoms with Gasteiger partial charge in [-0.25, -0.2) is 4.98 Å². The summed E-state index contributed by atoms with van der Waals surface area (Å²) >= 11 is 0. The molecule has 0 aliphatic carbocycles. The number of aromatic hydroxyl groups is 1. The van der Waals surface area contributed by atoms with E-state index in [4.69, 9.17) is 5.26 Å². The van der Waals surface area contributed by atoms with Crippen molar-refractivity contribution >= 4 is 11.6 Å². The van der Waals surface area contributed by atoms with Gasteiger partial charge < -0.3 is 10.4 Å². The molecule has 0 fully saturated rings. The number of hydrogen-bond acceptors (Lipinski definition) is 8. The van der Waals surface area contributed by atoms with Crippen molar-refractivity contribution in [2.75, 3.05) is 5.32 Å². The monoisotopic (exact) mass is 492 g/mol. The normalized spacial score (nSPS) is 11.8. The SMILES string of the molecule is N#Cc1cn(-c2nc(Nc3ccnc(C(F)(F)F)c3)nc(-c3cccc(C(F)(F)F)n3)n2)cc1O. The Morgan fingerprint density at radius 2 is 1.66 bits per heavy atom. The molecule has 4 heterocycles. The van der Waals surface area contributed by atoms with E-state index < -0.39 is 29.5 Å². The minimum Gasteiger partial charge on any atom is -0.505 e. The fraction of sp³-hybridized carbons (Fsp3) is 0.100. The largest absolute Gasteiger partial charge is 0.505 e. The van der Waals surface area contributed by atoms with Crippen LogP contribution in [0.2, 0.25) is 0 Å². The molecule has 0 amide bonds. The highest BCUT2D eigenvalue weighted by Gasteiger charge is 2.33. The number of nitrogens with zero attached hydrogens (tertiary/aromatic N) is 7. The number of hydrogen-bond donors (Lipinski definition) is 2. The molecular weight excluding hydrogens is 482 g/mol. The number of halogens is 6. The molecule has 178 valence electrons. The average molecular weight is 492 g/mol. The Labute approximate surface area is 191 Å². The van der Waals surface area contributed by atoms with Gasteiger partial charge >= 0.3 is 12.4 Å². The molecule has 0 radical (unpaired) electrons. The Balaban J connectivity index is 1.83. The van der Waals surface area contributed by atoms with E-state index in [9.17, 15) is 31.4 Å². The van der Waals surface area contributed by atoms with E-state index in [-0.39, 0.29) is 34.7 Å². The van der Waals surface area contributed by atoms with Gasteiger partial charge in [0.25, 0.3) is 0 Å². The van der Waals surface area contributed by atoms with Crippen LogP contribution >= 0.6 is 0 Å². The second-order valence-electron chi connectivity index (χ2n) is 6.82. The number of rotatable bonds is 4. The van der Waals surface area contributed by atoms with Crippen molar-refractivity contribution in [3.8, 4) is 29.3 Å². The lowest BCUT2D eigenvalue weighted by molar-refractivity contribution is -0.141. The number of pyridine rings is 2. The molecule has 0 saturated carbocycles. The molecular formula is C20H10F6N8O. The second-order valence-corrected chi connectivity index (χ2v) is 6.82. The van der Waals surface area contributed by atoms with Crippen molar-refractivity contribution in [2.24, 2.45) is 0 Å². The summed E-state index contributed by atoms with van der Waals surface area (Å²) < 4.78 is 79.5. The van der Waals surface area contributed by atoms with Crippen LogP contribution in [0.15, 0.2) is 48.9 Å². The first-order valence-electron chi connectivity index (χ1n) is 9.36. The Bertz CT molecular complexity index is 1440. The van der Waals surface area contributed by atoms with Crippen LogP contribution in [0.25, 0.3) is 17.5 Å². The molecule has 4 aromatic heterocycles. The van der Waals surface area contributed by atoms with E-state index in [2.05, 4.69) is 30.2 Å². The number of nitrogens with one attached hydrogen (secondary N) is 1. The minimum atomic E-state index is -4.76. The molecule has 4 aromatic rings. The van der Waals surface area contributed by atoms with E-state index in [0.29, 0.717) is 6.07 Å². The van der Waals surface area contributed by atoms with Gasteiger partial charge in [0.05, 0.1) is 6.20 Å². The molecule has 2 N–H and O–H groups in total. The maximum Gasteiger partial charge on any atom is 0.433 e. The van der Waals surface area contributed by atoms with Gasteiger partial charge in [0.1, 0.15) is 28.7 Å². The molecule has 9 nitrogen and oxygen atoms in total. The van der Waals surface area contributed by atoms with Crippen LogP contribution in [-0.2, 0) is 12.4 Å². The summed E-state index contributed by atoms with van der Waals surface area (Å²) in [4.78, 5) is 18.8. The zero-order valence-corrected chi connectivity index (χ0v) is 17.0. The van der Waals surface area contributed by atoms with Crippen LogP contribution < -0.4 is 5.32 Å². The number of aromatic nitrogens is 6. The fourth-order valence-electron chi connectivity index (χ4n) is 2.81. The van der Waals surface area contributed by atoms with Crippen molar-refractivity contribution in [3.63, 3.8) is 0 Å². The lowest BCUT2D eigenvalue weighted by atomic mass is 10.3. The summed E-state index contributed by atoms with van der Waals surface area (Å²) in [6.07, 6.45) is -6.38. The van der Waals surface area contributed by atoms with E-state index in [1.165, 1.54) is 12.1 Å². The van der Waals surface area contributed by atoms with Crippen molar-refractivity contribution in [1.29, 1.82) is 5.26 Å². The van der Waals surface area contributed by atoms with Crippen LogP contribution in [0, 0.1) is 11.3 Å². The molecule has 0 aliphatic rings. The van der Waals surface area contributed by atoms with Crippen LogP contribution in [0.4, 0.5) is 38.0 Å². The first-order chi connectivity index (χ1) is 16.4. The number of nitriles is 1. The fourth-order valence-corrected chi connectivity index (χ4v) is 2.81. The lowest BCUT2D eigenvalue weighted by Crippen LogP contribution is -2.11. The summed E-state index contributed by atoms with van der Waals surface area (Å²) in [6, 6.07) is 6.61. The summed E-state index contributed by atoms with van der Waals surface area (Å²) in [6.45, 7) is 0. The molecule has 15 heteroatoms. The molecule has 4 rings (SSSR count). The maximum atomic E-state index is 13.1. The Morgan fingerprint density at radius 1 is 0.914 bits per heavy atom. The van der Waals surface area contributed by atoms with Crippen molar-refractivity contribution < 1.29 is 31.4 Å². The van der Waals surface area contributed by atoms with Crippen LogP contribution in [-0.4, -0.2) is 34.6 Å². The average Bonchev–Trinajstić information content (AvgIpc) is 3.19. The summed E-state index contributed by atoms with van der Waals surface area (Å²) in [7, 11) is 0. The first kappa shape index (κ1) is 23.4. The van der Waals surface area contributed by atoms with Crippen molar-refractivity contribution in [1.82, 2.24) is 29.5 Å². The van der Waals surface area contributed by atoms with Crippen LogP contribution in [0.3, 0.4) is 0 Å². The molecule has 0 spiro atoms. The minimum absolute atomic E-state index is 0.125. The molecule has 0 atom stereocenters. The maximum absolute atomic E-state index is 13.1. The predicted octanol–water partition coefficient (Wildman–Crippen LogP) is 4.48.